The van der Waals surface area contributed by atoms with E-state index in [1.807, 2.05) is 48.5 Å². The molecule has 1 atom stereocenters. The van der Waals surface area contributed by atoms with Gasteiger partial charge in [0.15, 0.2) is 0 Å². The molecule has 1 aromatic carbocycles. The Balaban J connectivity index is 1.98. The normalized spacial score (nSPS) is 18.3. The largest absolute Gasteiger partial charge is 0.491 e. The molecule has 1 heterocycles. The summed E-state index contributed by atoms with van der Waals surface area (Å²) in [5.74, 6) is 0.960. The summed E-state index contributed by atoms with van der Waals surface area (Å²) in [6.07, 6.45) is 6.88. The molecule has 0 spiro atoms. The van der Waals surface area contributed by atoms with Crippen molar-refractivity contribution in [3.05, 3.63) is 60.0 Å². The summed E-state index contributed by atoms with van der Waals surface area (Å²) in [5.41, 5.74) is 1.18. The molecule has 0 saturated heterocycles. The van der Waals surface area contributed by atoms with E-state index < -0.39 is 0 Å². The Morgan fingerprint density at radius 3 is 2.63 bits per heavy atom. The van der Waals surface area contributed by atoms with Gasteiger partial charge in [0.05, 0.1) is 6.61 Å². The highest BCUT2D eigenvalue weighted by Gasteiger charge is 2.22. The molecular formula is C16H21NO2. The number of ether oxygens (including phenoxy) is 1. The molecule has 3 heteroatoms. The summed E-state index contributed by atoms with van der Waals surface area (Å²) in [5, 5.41) is 1.88. The molecule has 0 saturated carbocycles. The molecule has 1 aromatic rings. The molecule has 1 aliphatic heterocycles. The number of hydrogen-bond donors (Lipinski definition) is 0. The molecule has 1 unspecified atom stereocenters. The third kappa shape index (κ3) is 3.61. The summed E-state index contributed by atoms with van der Waals surface area (Å²) in [4.78, 5) is 5.59. The zero-order chi connectivity index (χ0) is 13.5. The lowest BCUT2D eigenvalue weighted by atomic mass is 10.1. The number of nitrogens with zero attached hydrogens (tertiary/aromatic N) is 1. The second kappa shape index (κ2) is 7.00. The molecule has 0 radical (unpaired) electrons. The zero-order valence-electron chi connectivity index (χ0n) is 11.6. The molecule has 0 aromatic heterocycles. The first-order valence-corrected chi connectivity index (χ1v) is 6.81. The molecule has 0 bridgehead atoms. The van der Waals surface area contributed by atoms with Crippen LogP contribution in [-0.2, 0) is 16.2 Å². The number of hydroxylamine groups is 2. The molecule has 0 amide bonds. The molecule has 2 rings (SSSR count). The van der Waals surface area contributed by atoms with Crippen molar-refractivity contribution in [2.24, 2.45) is 0 Å². The van der Waals surface area contributed by atoms with Crippen molar-refractivity contribution >= 4 is 0 Å². The summed E-state index contributed by atoms with van der Waals surface area (Å²) >= 11 is 0. The van der Waals surface area contributed by atoms with Crippen LogP contribution in [0, 0.1) is 0 Å². The van der Waals surface area contributed by atoms with Crippen LogP contribution in [0.15, 0.2) is 54.4 Å². The van der Waals surface area contributed by atoms with E-state index in [1.54, 1.807) is 0 Å². The van der Waals surface area contributed by atoms with Gasteiger partial charge < -0.3 is 4.74 Å². The van der Waals surface area contributed by atoms with Crippen LogP contribution >= 0.6 is 0 Å². The molecule has 102 valence electrons. The molecule has 0 fully saturated rings. The van der Waals surface area contributed by atoms with Crippen LogP contribution in [-0.4, -0.2) is 17.7 Å². The van der Waals surface area contributed by atoms with E-state index in [-0.39, 0.29) is 6.04 Å². The first kappa shape index (κ1) is 13.7. The van der Waals surface area contributed by atoms with E-state index in [2.05, 4.69) is 19.1 Å². The lowest BCUT2D eigenvalue weighted by Gasteiger charge is -2.32. The summed E-state index contributed by atoms with van der Waals surface area (Å²) in [7, 11) is 0. The van der Waals surface area contributed by atoms with Crippen molar-refractivity contribution in [2.75, 3.05) is 6.61 Å². The van der Waals surface area contributed by atoms with Gasteiger partial charge in [0, 0.05) is 6.20 Å². The van der Waals surface area contributed by atoms with Gasteiger partial charge in [-0.3, -0.25) is 9.90 Å². The van der Waals surface area contributed by atoms with Crippen LogP contribution in [0.2, 0.25) is 0 Å². The van der Waals surface area contributed by atoms with Gasteiger partial charge in [0.1, 0.15) is 18.4 Å². The van der Waals surface area contributed by atoms with Gasteiger partial charge in [-0.1, -0.05) is 37.3 Å². The van der Waals surface area contributed by atoms with Crippen LogP contribution in [0.4, 0.5) is 0 Å². The van der Waals surface area contributed by atoms with E-state index in [0.29, 0.717) is 13.2 Å². The average molecular weight is 259 g/mol. The Bertz CT molecular complexity index is 439. The van der Waals surface area contributed by atoms with Crippen LogP contribution in [0.1, 0.15) is 25.8 Å². The average Bonchev–Trinajstić information content (AvgIpc) is 2.46. The minimum Gasteiger partial charge on any atom is -0.491 e. The molecule has 0 N–H and O–H groups in total. The standard InChI is InChI=1S/C16H21NO2/c1-3-15-16(11-8-12-17(15)19-4-2)18-13-14-9-6-5-7-10-14/h5-12,15H,3-4,13H2,1-2H3. The van der Waals surface area contributed by atoms with Gasteiger partial charge in [0.25, 0.3) is 0 Å². The number of hydrogen-bond acceptors (Lipinski definition) is 3. The summed E-state index contributed by atoms with van der Waals surface area (Å²) < 4.78 is 5.94. The van der Waals surface area contributed by atoms with Gasteiger partial charge in [-0.25, -0.2) is 0 Å². The smallest absolute Gasteiger partial charge is 0.121 e. The van der Waals surface area contributed by atoms with Crippen LogP contribution < -0.4 is 0 Å². The van der Waals surface area contributed by atoms with Gasteiger partial charge in [-0.2, -0.15) is 0 Å². The van der Waals surface area contributed by atoms with Crippen molar-refractivity contribution < 1.29 is 9.57 Å². The maximum atomic E-state index is 5.94. The van der Waals surface area contributed by atoms with Gasteiger partial charge in [-0.05, 0) is 31.1 Å². The van der Waals surface area contributed by atoms with Crippen molar-refractivity contribution in [1.82, 2.24) is 5.06 Å². The highest BCUT2D eigenvalue weighted by molar-refractivity contribution is 5.19. The fourth-order valence-electron chi connectivity index (χ4n) is 2.11. The number of rotatable bonds is 6. The minimum atomic E-state index is 0.161. The number of benzene rings is 1. The van der Waals surface area contributed by atoms with E-state index in [0.717, 1.165) is 12.2 Å². The Hall–Kier alpha value is -1.74. The topological polar surface area (TPSA) is 21.7 Å². The monoisotopic (exact) mass is 259 g/mol. The summed E-state index contributed by atoms with van der Waals surface area (Å²) in [6.45, 7) is 5.38. The fourth-order valence-corrected chi connectivity index (χ4v) is 2.11. The second-order valence-electron chi connectivity index (χ2n) is 4.39. The van der Waals surface area contributed by atoms with E-state index in [9.17, 15) is 0 Å². The Labute approximate surface area is 115 Å². The highest BCUT2D eigenvalue weighted by atomic mass is 16.7. The Morgan fingerprint density at radius 2 is 1.95 bits per heavy atom. The van der Waals surface area contributed by atoms with Gasteiger partial charge >= 0.3 is 0 Å². The second-order valence-corrected chi connectivity index (χ2v) is 4.39. The fraction of sp³-hybridized carbons (Fsp3) is 0.375. The van der Waals surface area contributed by atoms with E-state index in [1.165, 1.54) is 5.56 Å². The van der Waals surface area contributed by atoms with E-state index >= 15 is 0 Å². The minimum absolute atomic E-state index is 0.161. The third-order valence-electron chi connectivity index (χ3n) is 3.04. The van der Waals surface area contributed by atoms with Crippen molar-refractivity contribution in [2.45, 2.75) is 32.9 Å². The Morgan fingerprint density at radius 1 is 1.16 bits per heavy atom. The van der Waals surface area contributed by atoms with Gasteiger partial charge in [-0.15, -0.1) is 0 Å². The number of allylic oxidation sites excluding steroid dienone is 2. The van der Waals surface area contributed by atoms with Crippen LogP contribution in [0.25, 0.3) is 0 Å². The Kier molecular flexibility index (Phi) is 5.04. The molecule has 3 nitrogen and oxygen atoms in total. The predicted octanol–water partition coefficient (Wildman–Crippen LogP) is 3.65. The van der Waals surface area contributed by atoms with Crippen molar-refractivity contribution in [3.8, 4) is 0 Å². The lowest BCUT2D eigenvalue weighted by Crippen LogP contribution is -2.34. The van der Waals surface area contributed by atoms with Crippen LogP contribution in [0.5, 0.6) is 0 Å². The van der Waals surface area contributed by atoms with Crippen molar-refractivity contribution in [3.63, 3.8) is 0 Å². The SMILES string of the molecule is CCON1C=CC=C(OCc2ccccc2)C1CC. The summed E-state index contributed by atoms with van der Waals surface area (Å²) in [6, 6.07) is 10.4. The first-order chi connectivity index (χ1) is 9.35. The third-order valence-corrected chi connectivity index (χ3v) is 3.04. The quantitative estimate of drug-likeness (QED) is 0.778. The first-order valence-electron chi connectivity index (χ1n) is 6.81. The zero-order valence-corrected chi connectivity index (χ0v) is 11.6. The maximum Gasteiger partial charge on any atom is 0.121 e. The van der Waals surface area contributed by atoms with Gasteiger partial charge in [0.2, 0.25) is 0 Å². The highest BCUT2D eigenvalue weighted by Crippen LogP contribution is 2.22. The molecule has 0 aliphatic carbocycles. The molecule has 1 aliphatic rings. The molecule has 19 heavy (non-hydrogen) atoms. The lowest BCUT2D eigenvalue weighted by molar-refractivity contribution is -0.147. The maximum absolute atomic E-state index is 5.94. The van der Waals surface area contributed by atoms with Crippen LogP contribution in [0.3, 0.4) is 0 Å². The van der Waals surface area contributed by atoms with E-state index in [4.69, 9.17) is 9.57 Å². The predicted molar refractivity (Wildman–Crippen MR) is 76.0 cm³/mol. The van der Waals surface area contributed by atoms with Crippen molar-refractivity contribution in [1.29, 1.82) is 0 Å². The molecular weight excluding hydrogens is 238 g/mol.